The minimum Gasteiger partial charge on any atom is -0.496 e. The van der Waals surface area contributed by atoms with E-state index in [1.807, 2.05) is 6.92 Å². The van der Waals surface area contributed by atoms with Crippen LogP contribution in [0.5, 0.6) is 5.75 Å². The number of rotatable bonds is 4. The zero-order chi connectivity index (χ0) is 11.3. The average Bonchev–Trinajstić information content (AvgIpc) is 2.26. The van der Waals surface area contributed by atoms with E-state index in [1.54, 1.807) is 25.3 Å². The second kappa shape index (κ2) is 5.61. The minimum absolute atomic E-state index is 0.0111. The Labute approximate surface area is 94.4 Å². The summed E-state index contributed by atoms with van der Waals surface area (Å²) in [5, 5.41) is 3.41. The number of nitrogens with one attached hydrogen (secondary N) is 1. The van der Waals surface area contributed by atoms with Gasteiger partial charge in [-0.1, -0.05) is 18.5 Å². The van der Waals surface area contributed by atoms with Crippen LogP contribution in [0, 0.1) is 0 Å². The van der Waals surface area contributed by atoms with Crippen molar-refractivity contribution in [2.75, 3.05) is 7.11 Å². The Morgan fingerprint density at radius 3 is 2.87 bits per heavy atom. The Kier molecular flexibility index (Phi) is 4.43. The molecule has 1 aromatic rings. The van der Waals surface area contributed by atoms with Crippen LogP contribution in [0.25, 0.3) is 0 Å². The summed E-state index contributed by atoms with van der Waals surface area (Å²) in [7, 11) is 1.59. The Hall–Kier alpha value is -1.22. The van der Waals surface area contributed by atoms with Gasteiger partial charge in [0.05, 0.1) is 7.11 Å². The summed E-state index contributed by atoms with van der Waals surface area (Å²) >= 11 is 5.85. The molecule has 0 aliphatic heterocycles. The minimum atomic E-state index is 0.0111. The van der Waals surface area contributed by atoms with Gasteiger partial charge in [0.2, 0.25) is 5.91 Å². The molecule has 0 bridgehead atoms. The summed E-state index contributed by atoms with van der Waals surface area (Å²) < 4.78 is 5.16. The average molecular weight is 228 g/mol. The number of hydrogen-bond donors (Lipinski definition) is 1. The van der Waals surface area contributed by atoms with Crippen molar-refractivity contribution in [2.24, 2.45) is 0 Å². The predicted octanol–water partition coefficient (Wildman–Crippen LogP) is 2.37. The van der Waals surface area contributed by atoms with Crippen LogP contribution in [0.2, 0.25) is 5.02 Å². The maximum absolute atomic E-state index is 11.1. The lowest BCUT2D eigenvalue weighted by atomic mass is 10.2. The van der Waals surface area contributed by atoms with E-state index in [2.05, 4.69) is 5.32 Å². The molecule has 0 aromatic heterocycles. The lowest BCUT2D eigenvalue weighted by Crippen LogP contribution is -2.21. The lowest BCUT2D eigenvalue weighted by Gasteiger charge is -2.09. The van der Waals surface area contributed by atoms with E-state index in [-0.39, 0.29) is 5.91 Å². The number of halogens is 1. The molecule has 1 amide bonds. The maximum Gasteiger partial charge on any atom is 0.219 e. The molecule has 0 aliphatic rings. The number of methoxy groups -OCH3 is 1. The van der Waals surface area contributed by atoms with Gasteiger partial charge in [-0.15, -0.1) is 0 Å². The molecular formula is C11H14ClNO2. The van der Waals surface area contributed by atoms with Gasteiger partial charge in [0.1, 0.15) is 5.75 Å². The number of carbonyl (C=O) groups is 1. The van der Waals surface area contributed by atoms with E-state index < -0.39 is 0 Å². The quantitative estimate of drug-likeness (QED) is 0.858. The molecule has 1 aromatic carbocycles. The molecule has 0 unspecified atom stereocenters. The molecular weight excluding hydrogens is 214 g/mol. The number of benzene rings is 1. The van der Waals surface area contributed by atoms with Gasteiger partial charge in [0.25, 0.3) is 0 Å². The van der Waals surface area contributed by atoms with Gasteiger partial charge >= 0.3 is 0 Å². The molecule has 0 saturated heterocycles. The number of amides is 1. The third-order valence-corrected chi connectivity index (χ3v) is 2.27. The van der Waals surface area contributed by atoms with Crippen LogP contribution < -0.4 is 10.1 Å². The molecule has 0 radical (unpaired) electrons. The third-order valence-electron chi connectivity index (χ3n) is 2.04. The van der Waals surface area contributed by atoms with Crippen LogP contribution in [0.4, 0.5) is 0 Å². The van der Waals surface area contributed by atoms with Gasteiger partial charge in [0, 0.05) is 23.6 Å². The first-order valence-electron chi connectivity index (χ1n) is 4.76. The van der Waals surface area contributed by atoms with Crippen molar-refractivity contribution in [3.63, 3.8) is 0 Å². The van der Waals surface area contributed by atoms with Crippen LogP contribution in [-0.4, -0.2) is 13.0 Å². The highest BCUT2D eigenvalue weighted by Crippen LogP contribution is 2.22. The van der Waals surface area contributed by atoms with Crippen LogP contribution >= 0.6 is 11.6 Å². The molecule has 0 spiro atoms. The predicted molar refractivity (Wildman–Crippen MR) is 60.1 cm³/mol. The smallest absolute Gasteiger partial charge is 0.219 e. The standard InChI is InChI=1S/C11H14ClNO2/c1-3-11(14)13-7-8-6-9(12)4-5-10(8)15-2/h4-6H,3,7H2,1-2H3,(H,13,14). The van der Waals surface area contributed by atoms with Gasteiger partial charge in [0.15, 0.2) is 0 Å². The fraction of sp³-hybridized carbons (Fsp3) is 0.364. The van der Waals surface area contributed by atoms with Gasteiger partial charge in [-0.05, 0) is 18.2 Å². The first kappa shape index (κ1) is 11.9. The van der Waals surface area contributed by atoms with Gasteiger partial charge in [-0.25, -0.2) is 0 Å². The van der Waals surface area contributed by atoms with E-state index in [9.17, 15) is 4.79 Å². The summed E-state index contributed by atoms with van der Waals surface area (Å²) in [5.41, 5.74) is 0.881. The number of carbonyl (C=O) groups excluding carboxylic acids is 1. The largest absolute Gasteiger partial charge is 0.496 e. The molecule has 0 atom stereocenters. The molecule has 4 heteroatoms. The van der Waals surface area contributed by atoms with Crippen molar-refractivity contribution < 1.29 is 9.53 Å². The van der Waals surface area contributed by atoms with Gasteiger partial charge in [-0.2, -0.15) is 0 Å². The molecule has 15 heavy (non-hydrogen) atoms. The zero-order valence-electron chi connectivity index (χ0n) is 8.84. The second-order valence-electron chi connectivity index (χ2n) is 3.09. The Morgan fingerprint density at radius 1 is 1.53 bits per heavy atom. The molecule has 1 rings (SSSR count). The molecule has 0 saturated carbocycles. The Morgan fingerprint density at radius 2 is 2.27 bits per heavy atom. The fourth-order valence-corrected chi connectivity index (χ4v) is 1.40. The Balaban J connectivity index is 2.74. The SMILES string of the molecule is CCC(=O)NCc1cc(Cl)ccc1OC. The van der Waals surface area contributed by atoms with E-state index in [0.29, 0.717) is 18.0 Å². The molecule has 0 heterocycles. The summed E-state index contributed by atoms with van der Waals surface area (Å²) in [5.74, 6) is 0.743. The zero-order valence-corrected chi connectivity index (χ0v) is 9.60. The molecule has 0 aliphatic carbocycles. The highest BCUT2D eigenvalue weighted by molar-refractivity contribution is 6.30. The van der Waals surface area contributed by atoms with Gasteiger partial charge in [-0.3, -0.25) is 4.79 Å². The van der Waals surface area contributed by atoms with E-state index in [4.69, 9.17) is 16.3 Å². The van der Waals surface area contributed by atoms with Crippen molar-refractivity contribution in [3.05, 3.63) is 28.8 Å². The maximum atomic E-state index is 11.1. The second-order valence-corrected chi connectivity index (χ2v) is 3.52. The molecule has 1 N–H and O–H groups in total. The highest BCUT2D eigenvalue weighted by Gasteiger charge is 2.04. The summed E-state index contributed by atoms with van der Waals surface area (Å²) in [6.45, 7) is 2.25. The topological polar surface area (TPSA) is 38.3 Å². The van der Waals surface area contributed by atoms with Crippen molar-refractivity contribution in [1.82, 2.24) is 5.32 Å². The number of hydrogen-bond acceptors (Lipinski definition) is 2. The molecule has 3 nitrogen and oxygen atoms in total. The van der Waals surface area contributed by atoms with Gasteiger partial charge < -0.3 is 10.1 Å². The lowest BCUT2D eigenvalue weighted by molar-refractivity contribution is -0.120. The normalized spacial score (nSPS) is 9.80. The van der Waals surface area contributed by atoms with Crippen LogP contribution in [0.15, 0.2) is 18.2 Å². The van der Waals surface area contributed by atoms with Crippen molar-refractivity contribution >= 4 is 17.5 Å². The summed E-state index contributed by atoms with van der Waals surface area (Å²) in [4.78, 5) is 11.1. The van der Waals surface area contributed by atoms with Crippen LogP contribution in [0.3, 0.4) is 0 Å². The Bertz CT molecular complexity index is 352. The first-order valence-corrected chi connectivity index (χ1v) is 5.14. The van der Waals surface area contributed by atoms with Crippen molar-refractivity contribution in [1.29, 1.82) is 0 Å². The van der Waals surface area contributed by atoms with Crippen molar-refractivity contribution in [3.8, 4) is 5.75 Å². The van der Waals surface area contributed by atoms with E-state index >= 15 is 0 Å². The van der Waals surface area contributed by atoms with E-state index in [1.165, 1.54) is 0 Å². The van der Waals surface area contributed by atoms with Crippen LogP contribution in [-0.2, 0) is 11.3 Å². The van der Waals surface area contributed by atoms with E-state index in [0.717, 1.165) is 11.3 Å². The summed E-state index contributed by atoms with van der Waals surface area (Å²) in [6.07, 6.45) is 0.475. The fourth-order valence-electron chi connectivity index (χ4n) is 1.20. The third kappa shape index (κ3) is 3.44. The van der Waals surface area contributed by atoms with Crippen LogP contribution in [0.1, 0.15) is 18.9 Å². The van der Waals surface area contributed by atoms with Crippen molar-refractivity contribution in [2.45, 2.75) is 19.9 Å². The number of ether oxygens (including phenoxy) is 1. The molecule has 0 fully saturated rings. The molecule has 82 valence electrons. The highest BCUT2D eigenvalue weighted by atomic mass is 35.5. The first-order chi connectivity index (χ1) is 7.17. The monoisotopic (exact) mass is 227 g/mol. The summed E-state index contributed by atoms with van der Waals surface area (Å²) in [6, 6.07) is 5.33.